The highest BCUT2D eigenvalue weighted by Gasteiger charge is 2.35. The average molecular weight is 241 g/mol. The van der Waals surface area contributed by atoms with Crippen LogP contribution in [0.4, 0.5) is 0 Å². The molecule has 1 aliphatic carbocycles. The molecule has 0 saturated heterocycles. The molecule has 0 aromatic heterocycles. The molecule has 0 bridgehead atoms. The highest BCUT2D eigenvalue weighted by molar-refractivity contribution is 6.30. The van der Waals surface area contributed by atoms with Crippen molar-refractivity contribution < 1.29 is 9.47 Å². The normalized spacial score (nSPS) is 18.9. The first-order valence-corrected chi connectivity index (χ1v) is 5.99. The number of hydrogen-bond acceptors (Lipinski definition) is 2. The van der Waals surface area contributed by atoms with Gasteiger partial charge in [-0.1, -0.05) is 17.7 Å². The van der Waals surface area contributed by atoms with Crippen molar-refractivity contribution >= 4 is 11.6 Å². The molecule has 0 amide bonds. The summed E-state index contributed by atoms with van der Waals surface area (Å²) < 4.78 is 11.2. The SMILES string of the molecule is COC1(OC)CCCCc2cc(Cl)ccc21. The Kier molecular flexibility index (Phi) is 3.53. The van der Waals surface area contributed by atoms with Crippen LogP contribution in [0.3, 0.4) is 0 Å². The molecule has 1 aromatic carbocycles. The average Bonchev–Trinajstić information content (AvgIpc) is 2.48. The molecule has 1 aliphatic rings. The van der Waals surface area contributed by atoms with E-state index in [9.17, 15) is 0 Å². The largest absolute Gasteiger partial charge is 0.349 e. The van der Waals surface area contributed by atoms with Gasteiger partial charge in [-0.2, -0.15) is 0 Å². The lowest BCUT2D eigenvalue weighted by atomic mass is 9.98. The van der Waals surface area contributed by atoms with Crippen molar-refractivity contribution in [3.63, 3.8) is 0 Å². The zero-order valence-corrected chi connectivity index (χ0v) is 10.5. The van der Waals surface area contributed by atoms with Crippen LogP contribution in [0.1, 0.15) is 30.4 Å². The second-order valence-electron chi connectivity index (χ2n) is 4.17. The van der Waals surface area contributed by atoms with Crippen LogP contribution < -0.4 is 0 Å². The molecule has 0 fully saturated rings. The van der Waals surface area contributed by atoms with Gasteiger partial charge in [0.05, 0.1) is 0 Å². The summed E-state index contributed by atoms with van der Waals surface area (Å²) in [4.78, 5) is 0. The van der Waals surface area contributed by atoms with Gasteiger partial charge in [-0.25, -0.2) is 0 Å². The smallest absolute Gasteiger partial charge is 0.194 e. The summed E-state index contributed by atoms with van der Waals surface area (Å²) in [5.41, 5.74) is 2.37. The highest BCUT2D eigenvalue weighted by Crippen LogP contribution is 2.38. The molecule has 0 spiro atoms. The van der Waals surface area contributed by atoms with E-state index in [1.165, 1.54) is 5.56 Å². The van der Waals surface area contributed by atoms with Gasteiger partial charge in [0.15, 0.2) is 5.79 Å². The zero-order valence-electron chi connectivity index (χ0n) is 9.75. The third kappa shape index (κ3) is 1.97. The van der Waals surface area contributed by atoms with Crippen LogP contribution in [0.5, 0.6) is 0 Å². The second kappa shape index (κ2) is 4.74. The number of aryl methyl sites for hydroxylation is 1. The van der Waals surface area contributed by atoms with E-state index in [1.54, 1.807) is 14.2 Å². The van der Waals surface area contributed by atoms with Gasteiger partial charge in [0.2, 0.25) is 0 Å². The minimum atomic E-state index is -0.587. The van der Waals surface area contributed by atoms with Gasteiger partial charge in [-0.3, -0.25) is 0 Å². The molecule has 0 saturated carbocycles. The molecule has 0 heterocycles. The number of ether oxygens (including phenoxy) is 2. The molecule has 0 atom stereocenters. The van der Waals surface area contributed by atoms with Crippen molar-refractivity contribution in [2.24, 2.45) is 0 Å². The molecule has 88 valence electrons. The Hall–Kier alpha value is -0.570. The standard InChI is InChI=1S/C13H17ClO2/c1-15-13(16-2)8-4-3-5-10-9-11(14)6-7-12(10)13/h6-7,9H,3-5,8H2,1-2H3. The molecule has 3 heteroatoms. The third-order valence-electron chi connectivity index (χ3n) is 3.34. The fourth-order valence-corrected chi connectivity index (χ4v) is 2.65. The highest BCUT2D eigenvalue weighted by atomic mass is 35.5. The molecule has 16 heavy (non-hydrogen) atoms. The lowest BCUT2D eigenvalue weighted by Crippen LogP contribution is -2.30. The quantitative estimate of drug-likeness (QED) is 0.582. The maximum absolute atomic E-state index is 6.03. The van der Waals surface area contributed by atoms with E-state index in [0.29, 0.717) is 0 Å². The van der Waals surface area contributed by atoms with Gasteiger partial charge in [0.25, 0.3) is 0 Å². The summed E-state index contributed by atoms with van der Waals surface area (Å²) in [7, 11) is 3.40. The number of fused-ring (bicyclic) bond motifs is 1. The van der Waals surface area contributed by atoms with Crippen molar-refractivity contribution in [2.75, 3.05) is 14.2 Å². The first-order chi connectivity index (χ1) is 7.72. The van der Waals surface area contributed by atoms with Gasteiger partial charge < -0.3 is 9.47 Å². The van der Waals surface area contributed by atoms with Crippen LogP contribution in [-0.2, 0) is 21.7 Å². The number of hydrogen-bond donors (Lipinski definition) is 0. The Bertz CT molecular complexity index is 372. The van der Waals surface area contributed by atoms with Crippen molar-refractivity contribution in [1.82, 2.24) is 0 Å². The Morgan fingerprint density at radius 2 is 1.94 bits per heavy atom. The minimum absolute atomic E-state index is 0.587. The number of benzene rings is 1. The van der Waals surface area contributed by atoms with E-state index in [0.717, 1.165) is 36.3 Å². The van der Waals surface area contributed by atoms with Crippen LogP contribution in [0.15, 0.2) is 18.2 Å². The van der Waals surface area contributed by atoms with E-state index in [-0.39, 0.29) is 0 Å². The van der Waals surface area contributed by atoms with Crippen molar-refractivity contribution in [2.45, 2.75) is 31.5 Å². The summed E-state index contributed by atoms with van der Waals surface area (Å²) in [5, 5.41) is 0.779. The van der Waals surface area contributed by atoms with Crippen molar-refractivity contribution in [1.29, 1.82) is 0 Å². The molecule has 0 radical (unpaired) electrons. The monoisotopic (exact) mass is 240 g/mol. The summed E-state index contributed by atoms with van der Waals surface area (Å²) in [6.07, 6.45) is 4.20. The Morgan fingerprint density at radius 1 is 1.19 bits per heavy atom. The first kappa shape index (κ1) is 11.9. The molecule has 1 aromatic rings. The summed E-state index contributed by atoms with van der Waals surface area (Å²) in [6, 6.07) is 5.95. The maximum Gasteiger partial charge on any atom is 0.194 e. The van der Waals surface area contributed by atoms with Gasteiger partial charge in [-0.15, -0.1) is 0 Å². The predicted octanol–water partition coefficient (Wildman–Crippen LogP) is 3.51. The van der Waals surface area contributed by atoms with E-state index in [4.69, 9.17) is 21.1 Å². The van der Waals surface area contributed by atoms with Crippen LogP contribution >= 0.6 is 11.6 Å². The Morgan fingerprint density at radius 3 is 2.62 bits per heavy atom. The van der Waals surface area contributed by atoms with Crippen LogP contribution in [0.25, 0.3) is 0 Å². The fourth-order valence-electron chi connectivity index (χ4n) is 2.46. The van der Waals surface area contributed by atoms with Crippen LogP contribution in [0, 0.1) is 0 Å². The summed E-state index contributed by atoms with van der Waals surface area (Å²) in [6.45, 7) is 0. The second-order valence-corrected chi connectivity index (χ2v) is 4.61. The molecule has 0 N–H and O–H groups in total. The molecular formula is C13H17ClO2. The molecule has 0 unspecified atom stereocenters. The van der Waals surface area contributed by atoms with Crippen molar-refractivity contribution in [3.05, 3.63) is 34.3 Å². The van der Waals surface area contributed by atoms with E-state index in [2.05, 4.69) is 0 Å². The Labute approximate surface area is 102 Å². The van der Waals surface area contributed by atoms with Crippen LogP contribution in [0.2, 0.25) is 5.02 Å². The minimum Gasteiger partial charge on any atom is -0.349 e. The number of methoxy groups -OCH3 is 2. The van der Waals surface area contributed by atoms with Gasteiger partial charge in [-0.05, 0) is 37.0 Å². The molecule has 2 rings (SSSR count). The van der Waals surface area contributed by atoms with E-state index < -0.39 is 5.79 Å². The fraction of sp³-hybridized carbons (Fsp3) is 0.538. The zero-order chi connectivity index (χ0) is 11.6. The van der Waals surface area contributed by atoms with Crippen LogP contribution in [-0.4, -0.2) is 14.2 Å². The topological polar surface area (TPSA) is 18.5 Å². The molecule has 2 nitrogen and oxygen atoms in total. The predicted molar refractivity (Wildman–Crippen MR) is 64.7 cm³/mol. The van der Waals surface area contributed by atoms with Crippen molar-refractivity contribution in [3.8, 4) is 0 Å². The Balaban J connectivity index is 2.52. The van der Waals surface area contributed by atoms with Gasteiger partial charge in [0, 0.05) is 31.2 Å². The number of rotatable bonds is 2. The summed E-state index contributed by atoms with van der Waals surface area (Å²) >= 11 is 6.03. The summed E-state index contributed by atoms with van der Waals surface area (Å²) in [5.74, 6) is -0.587. The first-order valence-electron chi connectivity index (χ1n) is 5.61. The van der Waals surface area contributed by atoms with Gasteiger partial charge >= 0.3 is 0 Å². The lowest BCUT2D eigenvalue weighted by Gasteiger charge is -2.31. The third-order valence-corrected chi connectivity index (χ3v) is 3.57. The molecule has 0 aliphatic heterocycles. The number of halogens is 1. The van der Waals surface area contributed by atoms with Gasteiger partial charge in [0.1, 0.15) is 0 Å². The maximum atomic E-state index is 6.03. The lowest BCUT2D eigenvalue weighted by molar-refractivity contribution is -0.220. The van der Waals surface area contributed by atoms with E-state index >= 15 is 0 Å². The molecular weight excluding hydrogens is 224 g/mol. The van der Waals surface area contributed by atoms with E-state index in [1.807, 2.05) is 18.2 Å².